The van der Waals surface area contributed by atoms with Gasteiger partial charge in [-0.15, -0.1) is 6.58 Å². The molecular weight excluding hydrogens is 226 g/mol. The molecule has 1 aromatic rings. The van der Waals surface area contributed by atoms with Gasteiger partial charge in [-0.1, -0.05) is 38.1 Å². The fourth-order valence-corrected chi connectivity index (χ4v) is 1.62. The molecule has 1 amide bonds. The monoisotopic (exact) mass is 247 g/mol. The Balaban J connectivity index is 2.61. The van der Waals surface area contributed by atoms with E-state index in [0.717, 1.165) is 17.7 Å². The highest BCUT2D eigenvalue weighted by molar-refractivity contribution is 5.77. The van der Waals surface area contributed by atoms with Crippen molar-refractivity contribution in [1.29, 1.82) is 0 Å². The van der Waals surface area contributed by atoms with Crippen molar-refractivity contribution in [3.8, 4) is 5.75 Å². The topological polar surface area (TPSA) is 38.3 Å². The minimum absolute atomic E-state index is 0.0429. The van der Waals surface area contributed by atoms with Crippen molar-refractivity contribution < 1.29 is 9.53 Å². The SMILES string of the molecule is C=CCNC(=O)COc1ccccc1C(C)CC. The van der Waals surface area contributed by atoms with Crippen LogP contribution in [0.3, 0.4) is 0 Å². The Hall–Kier alpha value is -1.77. The van der Waals surface area contributed by atoms with Crippen molar-refractivity contribution in [2.24, 2.45) is 0 Å². The molecule has 0 saturated heterocycles. The zero-order valence-corrected chi connectivity index (χ0v) is 11.1. The summed E-state index contributed by atoms with van der Waals surface area (Å²) < 4.78 is 5.57. The third kappa shape index (κ3) is 4.24. The quantitative estimate of drug-likeness (QED) is 0.752. The highest BCUT2D eigenvalue weighted by atomic mass is 16.5. The third-order valence-corrected chi connectivity index (χ3v) is 2.86. The number of amides is 1. The third-order valence-electron chi connectivity index (χ3n) is 2.86. The normalized spacial score (nSPS) is 11.7. The molecule has 3 heteroatoms. The van der Waals surface area contributed by atoms with Crippen LogP contribution in [0.15, 0.2) is 36.9 Å². The van der Waals surface area contributed by atoms with E-state index in [9.17, 15) is 4.79 Å². The first-order valence-electron chi connectivity index (χ1n) is 6.28. The van der Waals surface area contributed by atoms with Crippen LogP contribution in [0.5, 0.6) is 5.75 Å². The van der Waals surface area contributed by atoms with Crippen molar-refractivity contribution >= 4 is 5.91 Å². The van der Waals surface area contributed by atoms with Crippen molar-refractivity contribution in [3.05, 3.63) is 42.5 Å². The second kappa shape index (κ2) is 7.54. The van der Waals surface area contributed by atoms with Crippen molar-refractivity contribution in [3.63, 3.8) is 0 Å². The summed E-state index contributed by atoms with van der Waals surface area (Å²) in [6.07, 6.45) is 2.69. The zero-order chi connectivity index (χ0) is 13.4. The van der Waals surface area contributed by atoms with E-state index in [4.69, 9.17) is 4.74 Å². The molecule has 1 aromatic carbocycles. The molecule has 0 bridgehead atoms. The first-order chi connectivity index (χ1) is 8.69. The molecule has 0 saturated carbocycles. The van der Waals surface area contributed by atoms with Gasteiger partial charge in [0.05, 0.1) is 0 Å². The standard InChI is InChI=1S/C15H21NO2/c1-4-10-16-15(17)11-18-14-9-7-6-8-13(14)12(3)5-2/h4,6-9,12H,1,5,10-11H2,2-3H3,(H,16,17). The largest absolute Gasteiger partial charge is 0.483 e. The van der Waals surface area contributed by atoms with Gasteiger partial charge in [0, 0.05) is 6.54 Å². The van der Waals surface area contributed by atoms with Gasteiger partial charge in [-0.25, -0.2) is 0 Å². The molecule has 98 valence electrons. The second-order valence-corrected chi connectivity index (χ2v) is 4.23. The summed E-state index contributed by atoms with van der Waals surface area (Å²) in [4.78, 5) is 11.4. The minimum Gasteiger partial charge on any atom is -0.483 e. The van der Waals surface area contributed by atoms with Crippen molar-refractivity contribution in [2.45, 2.75) is 26.2 Å². The lowest BCUT2D eigenvalue weighted by atomic mass is 9.98. The Morgan fingerprint density at radius 1 is 1.50 bits per heavy atom. The minimum atomic E-state index is -0.131. The lowest BCUT2D eigenvalue weighted by Gasteiger charge is -2.15. The van der Waals surface area contributed by atoms with Crippen LogP contribution in [-0.4, -0.2) is 19.1 Å². The Kier molecular flexibility index (Phi) is 5.98. The van der Waals surface area contributed by atoms with E-state index in [0.29, 0.717) is 12.5 Å². The van der Waals surface area contributed by atoms with Gasteiger partial charge < -0.3 is 10.1 Å². The number of carbonyl (C=O) groups is 1. The second-order valence-electron chi connectivity index (χ2n) is 4.23. The lowest BCUT2D eigenvalue weighted by molar-refractivity contribution is -0.122. The Bertz CT molecular complexity index is 401. The summed E-state index contributed by atoms with van der Waals surface area (Å²) in [6.45, 7) is 8.34. The number of benzene rings is 1. The molecule has 0 aliphatic carbocycles. The Morgan fingerprint density at radius 2 is 2.22 bits per heavy atom. The number of hydrogen-bond acceptors (Lipinski definition) is 2. The molecule has 1 N–H and O–H groups in total. The van der Waals surface area contributed by atoms with Crippen LogP contribution >= 0.6 is 0 Å². The van der Waals surface area contributed by atoms with Gasteiger partial charge in [0.1, 0.15) is 5.75 Å². The molecule has 0 spiro atoms. The summed E-state index contributed by atoms with van der Waals surface area (Å²) in [5, 5.41) is 2.68. The molecule has 1 atom stereocenters. The van der Waals surface area contributed by atoms with Crippen LogP contribution in [0.4, 0.5) is 0 Å². The zero-order valence-electron chi connectivity index (χ0n) is 11.1. The van der Waals surface area contributed by atoms with Gasteiger partial charge in [0.25, 0.3) is 5.91 Å². The predicted molar refractivity (Wildman–Crippen MR) is 73.8 cm³/mol. The number of hydrogen-bond donors (Lipinski definition) is 1. The van der Waals surface area contributed by atoms with Crippen LogP contribution in [0, 0.1) is 0 Å². The average molecular weight is 247 g/mol. The fraction of sp³-hybridized carbons (Fsp3) is 0.400. The van der Waals surface area contributed by atoms with Gasteiger partial charge in [-0.3, -0.25) is 4.79 Å². The summed E-state index contributed by atoms with van der Waals surface area (Å²) in [5.41, 5.74) is 1.15. The maximum Gasteiger partial charge on any atom is 0.258 e. The molecule has 1 unspecified atom stereocenters. The summed E-state index contributed by atoms with van der Waals surface area (Å²) in [7, 11) is 0. The molecule has 18 heavy (non-hydrogen) atoms. The summed E-state index contributed by atoms with van der Waals surface area (Å²) in [5.74, 6) is 1.09. The van der Waals surface area contributed by atoms with Crippen LogP contribution in [-0.2, 0) is 4.79 Å². The van der Waals surface area contributed by atoms with E-state index in [2.05, 4.69) is 25.7 Å². The van der Waals surface area contributed by atoms with E-state index in [-0.39, 0.29) is 12.5 Å². The molecular formula is C15H21NO2. The summed E-state index contributed by atoms with van der Waals surface area (Å²) in [6, 6.07) is 7.86. The first kappa shape index (κ1) is 14.3. The number of rotatable bonds is 7. The molecule has 0 radical (unpaired) electrons. The maximum absolute atomic E-state index is 11.4. The lowest BCUT2D eigenvalue weighted by Crippen LogP contribution is -2.29. The Labute approximate surface area is 109 Å². The van der Waals surface area contributed by atoms with Crippen LogP contribution in [0.25, 0.3) is 0 Å². The Morgan fingerprint density at radius 3 is 2.89 bits per heavy atom. The molecule has 3 nitrogen and oxygen atoms in total. The van der Waals surface area contributed by atoms with E-state index < -0.39 is 0 Å². The van der Waals surface area contributed by atoms with Crippen LogP contribution < -0.4 is 10.1 Å². The molecule has 1 rings (SSSR count). The molecule has 0 aliphatic rings. The maximum atomic E-state index is 11.4. The van der Waals surface area contributed by atoms with E-state index >= 15 is 0 Å². The molecule has 0 fully saturated rings. The molecule has 0 aliphatic heterocycles. The van der Waals surface area contributed by atoms with E-state index in [1.165, 1.54) is 0 Å². The van der Waals surface area contributed by atoms with Gasteiger partial charge in [0.15, 0.2) is 6.61 Å². The average Bonchev–Trinajstić information content (AvgIpc) is 2.42. The van der Waals surface area contributed by atoms with Crippen LogP contribution in [0.2, 0.25) is 0 Å². The number of nitrogens with one attached hydrogen (secondary N) is 1. The number of carbonyl (C=O) groups excluding carboxylic acids is 1. The van der Waals surface area contributed by atoms with E-state index in [1.54, 1.807) is 6.08 Å². The first-order valence-corrected chi connectivity index (χ1v) is 6.28. The van der Waals surface area contributed by atoms with Crippen LogP contribution in [0.1, 0.15) is 31.7 Å². The highest BCUT2D eigenvalue weighted by Crippen LogP contribution is 2.28. The van der Waals surface area contributed by atoms with Crippen molar-refractivity contribution in [1.82, 2.24) is 5.32 Å². The van der Waals surface area contributed by atoms with Gasteiger partial charge in [0.2, 0.25) is 0 Å². The van der Waals surface area contributed by atoms with Gasteiger partial charge in [-0.2, -0.15) is 0 Å². The van der Waals surface area contributed by atoms with Crippen molar-refractivity contribution in [2.75, 3.05) is 13.2 Å². The fourth-order valence-electron chi connectivity index (χ4n) is 1.62. The number of ether oxygens (including phenoxy) is 1. The number of para-hydroxylation sites is 1. The van der Waals surface area contributed by atoms with Gasteiger partial charge in [-0.05, 0) is 24.0 Å². The van der Waals surface area contributed by atoms with Gasteiger partial charge >= 0.3 is 0 Å². The molecule has 0 heterocycles. The summed E-state index contributed by atoms with van der Waals surface area (Å²) >= 11 is 0. The smallest absolute Gasteiger partial charge is 0.258 e. The predicted octanol–water partition coefficient (Wildman–Crippen LogP) is 2.88. The molecule has 0 aromatic heterocycles. The van der Waals surface area contributed by atoms with E-state index in [1.807, 2.05) is 24.3 Å². The highest BCUT2D eigenvalue weighted by Gasteiger charge is 2.10.